The predicted octanol–water partition coefficient (Wildman–Crippen LogP) is 4.52. The van der Waals surface area contributed by atoms with Crippen molar-refractivity contribution in [1.29, 1.82) is 0 Å². The van der Waals surface area contributed by atoms with Crippen LogP contribution in [0.5, 0.6) is 0 Å². The van der Waals surface area contributed by atoms with Crippen LogP contribution in [0.15, 0.2) is 22.9 Å². The van der Waals surface area contributed by atoms with Crippen molar-refractivity contribution in [2.75, 3.05) is 0 Å². The fourth-order valence-electron chi connectivity index (χ4n) is 1.86. The first kappa shape index (κ1) is 21.9. The van der Waals surface area contributed by atoms with Crippen LogP contribution in [0.2, 0.25) is 0 Å². The quantitative estimate of drug-likeness (QED) is 0.371. The fourth-order valence-corrected chi connectivity index (χ4v) is 2.16. The molecule has 152 valence electrons. The molecule has 13 heteroatoms. The van der Waals surface area contributed by atoms with Gasteiger partial charge in [0.05, 0.1) is 12.3 Å². The summed E-state index contributed by atoms with van der Waals surface area (Å²) in [6.45, 7) is 3.23. The second-order valence-electron chi connectivity index (χ2n) is 5.60. The SMILES string of the molecule is CC(C)OC(=O)/C(Br)=C/n1cnc(-c2cc(C(F)(F)F)nc(C(F)(F)F)c2)n1. The molecule has 0 saturated heterocycles. The monoisotopic (exact) mass is 472 g/mol. The number of ether oxygens (including phenoxy) is 1. The van der Waals surface area contributed by atoms with Crippen LogP contribution in [0, 0.1) is 0 Å². The number of carbonyl (C=O) groups is 1. The molecule has 0 bridgehead atoms. The van der Waals surface area contributed by atoms with Crippen molar-refractivity contribution in [1.82, 2.24) is 19.7 Å². The Bertz CT molecular complexity index is 872. The Balaban J connectivity index is 2.43. The number of rotatable bonds is 4. The van der Waals surface area contributed by atoms with Crippen LogP contribution in [0.25, 0.3) is 17.6 Å². The molecule has 2 aromatic rings. The molecule has 2 heterocycles. The standard InChI is InChI=1S/C15H11BrF6N4O2/c1-7(2)28-13(27)9(16)5-26-6-23-12(25-26)8-3-10(14(17,18)19)24-11(4-8)15(20,21)22/h3-7H,1-2H3/b9-5-. The molecule has 0 N–H and O–H groups in total. The van der Waals surface area contributed by atoms with E-state index in [4.69, 9.17) is 4.74 Å². The number of esters is 1. The van der Waals surface area contributed by atoms with Crippen LogP contribution in [0.1, 0.15) is 25.2 Å². The number of carbonyl (C=O) groups excluding carboxylic acids is 1. The highest BCUT2D eigenvalue weighted by atomic mass is 79.9. The van der Waals surface area contributed by atoms with Gasteiger partial charge >= 0.3 is 18.3 Å². The second kappa shape index (κ2) is 7.89. The van der Waals surface area contributed by atoms with E-state index >= 15 is 0 Å². The molecular formula is C15H11BrF6N4O2. The third kappa shape index (κ3) is 5.53. The lowest BCUT2D eigenvalue weighted by molar-refractivity contribution is -0.150. The maximum Gasteiger partial charge on any atom is 0.433 e. The Morgan fingerprint density at radius 1 is 1.14 bits per heavy atom. The number of hydrogen-bond acceptors (Lipinski definition) is 5. The van der Waals surface area contributed by atoms with Crippen LogP contribution in [-0.2, 0) is 21.9 Å². The highest BCUT2D eigenvalue weighted by Crippen LogP contribution is 2.35. The topological polar surface area (TPSA) is 69.9 Å². The molecular weight excluding hydrogens is 462 g/mol. The lowest BCUT2D eigenvalue weighted by Gasteiger charge is -2.11. The Hall–Kier alpha value is -2.44. The molecule has 2 aromatic heterocycles. The van der Waals surface area contributed by atoms with Crippen molar-refractivity contribution >= 4 is 28.1 Å². The Morgan fingerprint density at radius 2 is 1.68 bits per heavy atom. The number of nitrogens with zero attached hydrogens (tertiary/aromatic N) is 4. The molecule has 0 aliphatic carbocycles. The summed E-state index contributed by atoms with van der Waals surface area (Å²) in [5.74, 6) is -1.16. The van der Waals surface area contributed by atoms with Crippen LogP contribution in [-0.4, -0.2) is 31.8 Å². The van der Waals surface area contributed by atoms with E-state index in [0.29, 0.717) is 12.1 Å². The van der Waals surface area contributed by atoms with Gasteiger partial charge in [-0.25, -0.2) is 19.4 Å². The summed E-state index contributed by atoms with van der Waals surface area (Å²) < 4.78 is 83.0. The zero-order valence-corrected chi connectivity index (χ0v) is 15.7. The Kier molecular flexibility index (Phi) is 6.16. The lowest BCUT2D eigenvalue weighted by Crippen LogP contribution is -2.15. The van der Waals surface area contributed by atoms with Crippen LogP contribution in [0.3, 0.4) is 0 Å². The average Bonchev–Trinajstić information content (AvgIpc) is 3.00. The van der Waals surface area contributed by atoms with Crippen molar-refractivity contribution < 1.29 is 35.9 Å². The van der Waals surface area contributed by atoms with Crippen molar-refractivity contribution in [3.05, 3.63) is 34.3 Å². The van der Waals surface area contributed by atoms with Gasteiger partial charge in [0.15, 0.2) is 5.82 Å². The molecule has 6 nitrogen and oxygen atoms in total. The third-order valence-electron chi connectivity index (χ3n) is 2.96. The minimum absolute atomic E-state index is 0.0839. The average molecular weight is 473 g/mol. The first-order chi connectivity index (χ1) is 12.8. The number of halogens is 7. The zero-order valence-electron chi connectivity index (χ0n) is 14.1. The van der Waals surface area contributed by atoms with Gasteiger partial charge in [0.1, 0.15) is 22.2 Å². The van der Waals surface area contributed by atoms with Crippen molar-refractivity contribution in [3.63, 3.8) is 0 Å². The van der Waals surface area contributed by atoms with E-state index in [2.05, 4.69) is 31.0 Å². The maximum absolute atomic E-state index is 12.9. The number of alkyl halides is 6. The van der Waals surface area contributed by atoms with Gasteiger partial charge in [0.25, 0.3) is 0 Å². The zero-order chi connectivity index (χ0) is 21.3. The van der Waals surface area contributed by atoms with Gasteiger partial charge in [-0.1, -0.05) is 0 Å². The first-order valence-corrected chi connectivity index (χ1v) is 8.23. The van der Waals surface area contributed by atoms with E-state index < -0.39 is 47.2 Å². The largest absolute Gasteiger partial charge is 0.459 e. The van der Waals surface area contributed by atoms with Crippen molar-refractivity contribution in [2.45, 2.75) is 32.3 Å². The van der Waals surface area contributed by atoms with E-state index in [-0.39, 0.29) is 4.48 Å². The van der Waals surface area contributed by atoms with Crippen LogP contribution >= 0.6 is 15.9 Å². The third-order valence-corrected chi connectivity index (χ3v) is 3.48. The molecule has 0 aromatic carbocycles. The molecule has 0 saturated carbocycles. The number of aromatic nitrogens is 4. The summed E-state index contributed by atoms with van der Waals surface area (Å²) in [5, 5.41) is 3.76. The van der Waals surface area contributed by atoms with Gasteiger partial charge < -0.3 is 4.74 Å². The van der Waals surface area contributed by atoms with E-state index in [0.717, 1.165) is 17.2 Å². The highest BCUT2D eigenvalue weighted by Gasteiger charge is 2.39. The van der Waals surface area contributed by atoms with Crippen LogP contribution < -0.4 is 0 Å². The highest BCUT2D eigenvalue weighted by molar-refractivity contribution is 9.12. The Labute approximate surface area is 162 Å². The molecule has 0 aliphatic rings. The minimum atomic E-state index is -5.10. The second-order valence-corrected chi connectivity index (χ2v) is 6.46. The summed E-state index contributed by atoms with van der Waals surface area (Å²) in [7, 11) is 0. The van der Waals surface area contributed by atoms with E-state index in [1.807, 2.05) is 0 Å². The Morgan fingerprint density at radius 3 is 2.14 bits per heavy atom. The van der Waals surface area contributed by atoms with E-state index in [1.165, 1.54) is 0 Å². The van der Waals surface area contributed by atoms with Gasteiger partial charge in [-0.15, -0.1) is 5.10 Å². The number of pyridine rings is 1. The summed E-state index contributed by atoms with van der Waals surface area (Å²) in [4.78, 5) is 18.0. The molecule has 0 unspecified atom stereocenters. The normalized spacial score (nSPS) is 13.1. The molecule has 0 radical (unpaired) electrons. The molecule has 0 atom stereocenters. The summed E-state index contributed by atoms with van der Waals surface area (Å²) in [6.07, 6.45) is -8.50. The molecule has 28 heavy (non-hydrogen) atoms. The predicted molar refractivity (Wildman–Crippen MR) is 87.7 cm³/mol. The van der Waals surface area contributed by atoms with Gasteiger partial charge in [0.2, 0.25) is 0 Å². The molecule has 0 aliphatic heterocycles. The minimum Gasteiger partial charge on any atom is -0.459 e. The first-order valence-electron chi connectivity index (χ1n) is 7.43. The van der Waals surface area contributed by atoms with Crippen LogP contribution in [0.4, 0.5) is 26.3 Å². The fraction of sp³-hybridized carbons (Fsp3) is 0.333. The summed E-state index contributed by atoms with van der Waals surface area (Å²) >= 11 is 2.94. The number of hydrogen-bond donors (Lipinski definition) is 0. The van der Waals surface area contributed by atoms with Crippen molar-refractivity contribution in [2.24, 2.45) is 0 Å². The van der Waals surface area contributed by atoms with Gasteiger partial charge in [-0.2, -0.15) is 26.3 Å². The van der Waals surface area contributed by atoms with E-state index in [9.17, 15) is 31.1 Å². The summed E-state index contributed by atoms with van der Waals surface area (Å²) in [6, 6.07) is 0.807. The van der Waals surface area contributed by atoms with Crippen molar-refractivity contribution in [3.8, 4) is 11.4 Å². The molecule has 0 amide bonds. The van der Waals surface area contributed by atoms with Gasteiger partial charge in [-0.05, 0) is 41.9 Å². The molecule has 0 fully saturated rings. The summed E-state index contributed by atoms with van der Waals surface area (Å²) in [5.41, 5.74) is -4.00. The van der Waals surface area contributed by atoms with Gasteiger partial charge in [0, 0.05) is 5.56 Å². The lowest BCUT2D eigenvalue weighted by atomic mass is 10.1. The van der Waals surface area contributed by atoms with E-state index in [1.54, 1.807) is 13.8 Å². The molecule has 2 rings (SSSR count). The smallest absolute Gasteiger partial charge is 0.433 e. The maximum atomic E-state index is 12.9. The molecule has 0 spiro atoms. The van der Waals surface area contributed by atoms with Gasteiger partial charge in [-0.3, -0.25) is 0 Å².